The van der Waals surface area contributed by atoms with Gasteiger partial charge in [-0.05, 0) is 49.9 Å². The van der Waals surface area contributed by atoms with E-state index in [1.165, 1.54) is 43.3 Å². The first-order valence-corrected chi connectivity index (χ1v) is 9.76. The molecule has 1 heterocycles. The van der Waals surface area contributed by atoms with Crippen LogP contribution in [0.25, 0.3) is 0 Å². The fraction of sp³-hybridized carbons (Fsp3) is 0.318. The molecule has 2 aromatic carbocycles. The average molecular weight is 413 g/mol. The van der Waals surface area contributed by atoms with Crippen LogP contribution in [-0.4, -0.2) is 46.9 Å². The molecule has 1 saturated heterocycles. The number of ketones is 1. The molecule has 8 heteroatoms. The van der Waals surface area contributed by atoms with Crippen molar-refractivity contribution in [2.45, 2.75) is 32.2 Å². The van der Waals surface area contributed by atoms with Crippen LogP contribution in [0.2, 0.25) is 0 Å². The Balaban J connectivity index is 1.68. The summed E-state index contributed by atoms with van der Waals surface area (Å²) in [6.45, 7) is 2.56. The standard InChI is InChI=1S/C22H24FN3O4/c1-13-4-9-17(27)18(19(13)23)20(28)14-5-7-15(8-6-14)21(29)25-16-3-2-11-26(12-10-16)22(24)30/h4-9,16,27H,2-3,10-12H2,1H3,(H2,24,30)(H,25,29)/t16-/m0/s1. The number of aromatic hydroxyl groups is 1. The molecule has 2 aromatic rings. The molecule has 158 valence electrons. The molecule has 1 fully saturated rings. The Kier molecular flexibility index (Phi) is 6.34. The van der Waals surface area contributed by atoms with Crippen LogP contribution in [0.4, 0.5) is 9.18 Å². The number of amides is 3. The molecule has 3 amide bonds. The van der Waals surface area contributed by atoms with Gasteiger partial charge >= 0.3 is 6.03 Å². The first-order valence-electron chi connectivity index (χ1n) is 9.76. The fourth-order valence-corrected chi connectivity index (χ4v) is 3.53. The number of primary amides is 1. The van der Waals surface area contributed by atoms with Crippen LogP contribution >= 0.6 is 0 Å². The van der Waals surface area contributed by atoms with Gasteiger partial charge in [0.2, 0.25) is 0 Å². The summed E-state index contributed by atoms with van der Waals surface area (Å²) in [6.07, 6.45) is 2.09. The number of urea groups is 1. The summed E-state index contributed by atoms with van der Waals surface area (Å²) in [6, 6.07) is 7.96. The fourth-order valence-electron chi connectivity index (χ4n) is 3.53. The number of phenols is 1. The normalized spacial score (nSPS) is 16.6. The van der Waals surface area contributed by atoms with Crippen LogP contribution in [0.3, 0.4) is 0 Å². The monoisotopic (exact) mass is 413 g/mol. The third kappa shape index (κ3) is 4.59. The lowest BCUT2D eigenvalue weighted by molar-refractivity contribution is 0.0932. The smallest absolute Gasteiger partial charge is 0.314 e. The lowest BCUT2D eigenvalue weighted by atomic mass is 9.98. The van der Waals surface area contributed by atoms with Crippen molar-refractivity contribution in [1.29, 1.82) is 0 Å². The van der Waals surface area contributed by atoms with Crippen LogP contribution in [0.5, 0.6) is 5.75 Å². The summed E-state index contributed by atoms with van der Waals surface area (Å²) in [5.41, 5.74) is 5.71. The number of benzene rings is 2. The number of phenolic OH excluding ortho intramolecular Hbond substituents is 1. The number of nitrogens with two attached hydrogens (primary N) is 1. The molecule has 0 unspecified atom stereocenters. The van der Waals surface area contributed by atoms with E-state index < -0.39 is 23.4 Å². The Labute approximate surface area is 173 Å². The maximum absolute atomic E-state index is 14.3. The van der Waals surface area contributed by atoms with E-state index in [2.05, 4.69) is 5.32 Å². The highest BCUT2D eigenvalue weighted by molar-refractivity contribution is 6.11. The van der Waals surface area contributed by atoms with Gasteiger partial charge in [0.15, 0.2) is 5.78 Å². The first kappa shape index (κ1) is 21.3. The number of hydrogen-bond acceptors (Lipinski definition) is 4. The van der Waals surface area contributed by atoms with E-state index in [0.717, 1.165) is 12.8 Å². The minimum Gasteiger partial charge on any atom is -0.507 e. The highest BCUT2D eigenvalue weighted by Gasteiger charge is 2.22. The van der Waals surface area contributed by atoms with Crippen molar-refractivity contribution in [2.75, 3.05) is 13.1 Å². The zero-order chi connectivity index (χ0) is 21.8. The average Bonchev–Trinajstić information content (AvgIpc) is 2.97. The van der Waals surface area contributed by atoms with Crippen molar-refractivity contribution in [3.05, 3.63) is 64.5 Å². The van der Waals surface area contributed by atoms with Crippen LogP contribution in [0, 0.1) is 12.7 Å². The minimum absolute atomic E-state index is 0.0819. The number of carbonyl (C=O) groups is 3. The molecule has 0 spiro atoms. The molecule has 1 aliphatic rings. The van der Waals surface area contributed by atoms with E-state index in [9.17, 15) is 23.9 Å². The molecule has 0 bridgehead atoms. The van der Waals surface area contributed by atoms with Crippen LogP contribution < -0.4 is 11.1 Å². The largest absolute Gasteiger partial charge is 0.507 e. The molecular weight excluding hydrogens is 389 g/mol. The Morgan fingerprint density at radius 3 is 2.40 bits per heavy atom. The summed E-state index contributed by atoms with van der Waals surface area (Å²) in [5, 5.41) is 12.8. The highest BCUT2D eigenvalue weighted by atomic mass is 19.1. The van der Waals surface area contributed by atoms with E-state index in [4.69, 9.17) is 5.73 Å². The van der Waals surface area contributed by atoms with Gasteiger partial charge in [-0.15, -0.1) is 0 Å². The lowest BCUT2D eigenvalue weighted by Gasteiger charge is -2.18. The summed E-state index contributed by atoms with van der Waals surface area (Å²) < 4.78 is 14.3. The second-order valence-corrected chi connectivity index (χ2v) is 7.42. The van der Waals surface area contributed by atoms with Gasteiger partial charge in [-0.25, -0.2) is 9.18 Å². The zero-order valence-corrected chi connectivity index (χ0v) is 16.7. The maximum Gasteiger partial charge on any atom is 0.314 e. The molecule has 3 rings (SSSR count). The summed E-state index contributed by atoms with van der Waals surface area (Å²) >= 11 is 0. The van der Waals surface area contributed by atoms with Gasteiger partial charge in [0.25, 0.3) is 5.91 Å². The SMILES string of the molecule is Cc1ccc(O)c(C(=O)c2ccc(C(=O)N[C@H]3CCCN(C(N)=O)CC3)cc2)c1F. The van der Waals surface area contributed by atoms with Crippen LogP contribution in [-0.2, 0) is 0 Å². The van der Waals surface area contributed by atoms with E-state index in [1.807, 2.05) is 0 Å². The third-order valence-electron chi connectivity index (χ3n) is 5.32. The maximum atomic E-state index is 14.3. The summed E-state index contributed by atoms with van der Waals surface area (Å²) in [5.74, 6) is -2.14. The van der Waals surface area contributed by atoms with Crippen LogP contribution in [0.15, 0.2) is 36.4 Å². The number of nitrogens with one attached hydrogen (secondary N) is 1. The summed E-state index contributed by atoms with van der Waals surface area (Å²) in [7, 11) is 0. The second kappa shape index (κ2) is 8.94. The predicted molar refractivity (Wildman–Crippen MR) is 109 cm³/mol. The van der Waals surface area contributed by atoms with Crippen molar-refractivity contribution in [3.63, 3.8) is 0 Å². The molecule has 0 aliphatic carbocycles. The third-order valence-corrected chi connectivity index (χ3v) is 5.32. The quantitative estimate of drug-likeness (QED) is 0.669. The van der Waals surface area contributed by atoms with E-state index in [-0.39, 0.29) is 28.6 Å². The second-order valence-electron chi connectivity index (χ2n) is 7.42. The van der Waals surface area contributed by atoms with E-state index >= 15 is 0 Å². The van der Waals surface area contributed by atoms with Crippen molar-refractivity contribution in [1.82, 2.24) is 10.2 Å². The number of hydrogen-bond donors (Lipinski definition) is 3. The number of rotatable bonds is 4. The summed E-state index contributed by atoms with van der Waals surface area (Å²) in [4.78, 5) is 38.0. The van der Waals surface area contributed by atoms with Gasteiger partial charge < -0.3 is 21.1 Å². The molecular formula is C22H24FN3O4. The van der Waals surface area contributed by atoms with Crippen molar-refractivity contribution in [2.24, 2.45) is 5.73 Å². The minimum atomic E-state index is -0.764. The molecule has 0 saturated carbocycles. The van der Waals surface area contributed by atoms with Crippen molar-refractivity contribution < 1.29 is 23.9 Å². The highest BCUT2D eigenvalue weighted by Crippen LogP contribution is 2.26. The Bertz CT molecular complexity index is 975. The topological polar surface area (TPSA) is 113 Å². The van der Waals surface area contributed by atoms with Crippen LogP contribution in [0.1, 0.15) is 51.1 Å². The van der Waals surface area contributed by atoms with Gasteiger partial charge in [-0.3, -0.25) is 9.59 Å². The van der Waals surface area contributed by atoms with Crippen molar-refractivity contribution in [3.8, 4) is 5.75 Å². The van der Waals surface area contributed by atoms with Gasteiger partial charge in [-0.2, -0.15) is 0 Å². The number of halogens is 1. The molecule has 1 aliphatic heterocycles. The van der Waals surface area contributed by atoms with Gasteiger partial charge in [0.05, 0.1) is 0 Å². The molecule has 7 nitrogen and oxygen atoms in total. The predicted octanol–water partition coefficient (Wildman–Crippen LogP) is 2.73. The Morgan fingerprint density at radius 1 is 1.07 bits per heavy atom. The van der Waals surface area contributed by atoms with Gasteiger partial charge in [-0.1, -0.05) is 18.2 Å². The number of nitrogens with zero attached hydrogens (tertiary/aromatic N) is 1. The molecule has 0 aromatic heterocycles. The molecule has 1 atom stereocenters. The van der Waals surface area contributed by atoms with Gasteiger partial charge in [0, 0.05) is 30.3 Å². The number of aryl methyl sites for hydroxylation is 1. The Hall–Kier alpha value is -3.42. The number of carbonyl (C=O) groups excluding carboxylic acids is 3. The molecule has 4 N–H and O–H groups in total. The molecule has 30 heavy (non-hydrogen) atoms. The van der Waals surface area contributed by atoms with E-state index in [1.54, 1.807) is 4.90 Å². The van der Waals surface area contributed by atoms with Gasteiger partial charge in [0.1, 0.15) is 17.1 Å². The Morgan fingerprint density at radius 2 is 1.73 bits per heavy atom. The van der Waals surface area contributed by atoms with Crippen molar-refractivity contribution >= 4 is 17.7 Å². The lowest BCUT2D eigenvalue weighted by Crippen LogP contribution is -2.38. The number of likely N-dealkylation sites (tertiary alicyclic amines) is 1. The molecule has 0 radical (unpaired) electrons. The first-order chi connectivity index (χ1) is 14.3. The van der Waals surface area contributed by atoms with E-state index in [0.29, 0.717) is 25.1 Å². The zero-order valence-electron chi connectivity index (χ0n) is 16.7.